The molecule has 8 heteroatoms. The molecule has 1 fully saturated rings. The zero-order chi connectivity index (χ0) is 23.2. The number of carbonyl (C=O) groups excluding carboxylic acids is 1. The van der Waals surface area contributed by atoms with Crippen molar-refractivity contribution in [3.8, 4) is 11.1 Å². The van der Waals surface area contributed by atoms with Crippen molar-refractivity contribution in [3.63, 3.8) is 0 Å². The van der Waals surface area contributed by atoms with Crippen LogP contribution in [0, 0.1) is 5.82 Å². The summed E-state index contributed by atoms with van der Waals surface area (Å²) in [6.07, 6.45) is 5.09. The summed E-state index contributed by atoms with van der Waals surface area (Å²) in [5, 5.41) is 0.882. The monoisotopic (exact) mass is 455 g/mol. The second-order valence-corrected chi connectivity index (χ2v) is 8.70. The number of hydrogen-bond acceptors (Lipinski definition) is 3. The Kier molecular flexibility index (Phi) is 4.79. The molecule has 0 radical (unpaired) electrons. The summed E-state index contributed by atoms with van der Waals surface area (Å²) in [6.45, 7) is 1.09. The van der Waals surface area contributed by atoms with Crippen LogP contribution in [0.3, 0.4) is 0 Å². The van der Waals surface area contributed by atoms with Crippen molar-refractivity contribution in [1.29, 1.82) is 0 Å². The van der Waals surface area contributed by atoms with Crippen LogP contribution in [-0.2, 0) is 0 Å². The number of benzene rings is 2. The quantitative estimate of drug-likeness (QED) is 0.420. The number of rotatable bonds is 3. The molecule has 1 aliphatic heterocycles. The van der Waals surface area contributed by atoms with Crippen LogP contribution in [0.1, 0.15) is 29.2 Å². The average Bonchev–Trinajstić information content (AvgIpc) is 3.47. The van der Waals surface area contributed by atoms with Crippen molar-refractivity contribution < 1.29 is 9.18 Å². The largest absolute Gasteiger partial charge is 0.346 e. The van der Waals surface area contributed by atoms with Gasteiger partial charge in [0.25, 0.3) is 5.91 Å². The molecule has 2 aromatic carbocycles. The lowest BCUT2D eigenvalue weighted by atomic mass is 10.0. The van der Waals surface area contributed by atoms with Gasteiger partial charge in [-0.25, -0.2) is 14.2 Å². The van der Waals surface area contributed by atoms with Gasteiger partial charge in [0.2, 0.25) is 0 Å². The van der Waals surface area contributed by atoms with Crippen LogP contribution in [-0.4, -0.2) is 43.4 Å². The number of fused-ring (bicyclic) bond motifs is 3. The van der Waals surface area contributed by atoms with Crippen LogP contribution in [0.15, 0.2) is 71.8 Å². The van der Waals surface area contributed by atoms with E-state index < -0.39 is 0 Å². The Morgan fingerprint density at radius 2 is 1.94 bits per heavy atom. The minimum absolute atomic E-state index is 0.0724. The minimum atomic E-state index is -0.294. The standard InChI is InChI=1S/C26H22FN5O2/c27-19-4-1-3-18(13-19)16-6-8-17(9-7-16)25(33)31-12-2-5-20(15-31)32-23-21-10-11-28-24(21)29-14-22(23)30-26(32)34/h1,3-4,6-11,13-14,20H,2,5,12,15H2,(H,28,29)(H,30,34)/t20-/m1/s1. The van der Waals surface area contributed by atoms with E-state index in [0.29, 0.717) is 24.2 Å². The summed E-state index contributed by atoms with van der Waals surface area (Å²) >= 11 is 0. The van der Waals surface area contributed by atoms with Gasteiger partial charge in [-0.05, 0) is 54.3 Å². The van der Waals surface area contributed by atoms with E-state index in [4.69, 9.17) is 0 Å². The molecule has 1 atom stereocenters. The number of carbonyl (C=O) groups is 1. The molecule has 5 aromatic rings. The Bertz CT molecular complexity index is 1580. The Hall–Kier alpha value is -4.20. The van der Waals surface area contributed by atoms with Crippen LogP contribution in [0.4, 0.5) is 4.39 Å². The van der Waals surface area contributed by atoms with Gasteiger partial charge < -0.3 is 14.9 Å². The maximum Gasteiger partial charge on any atom is 0.326 e. The van der Waals surface area contributed by atoms with Gasteiger partial charge in [-0.3, -0.25) is 9.36 Å². The smallest absolute Gasteiger partial charge is 0.326 e. The zero-order valence-corrected chi connectivity index (χ0v) is 18.3. The summed E-state index contributed by atoms with van der Waals surface area (Å²) in [6, 6.07) is 15.4. The van der Waals surface area contributed by atoms with Crippen LogP contribution >= 0.6 is 0 Å². The normalized spacial score (nSPS) is 16.4. The van der Waals surface area contributed by atoms with E-state index in [2.05, 4.69) is 15.0 Å². The molecule has 0 spiro atoms. The van der Waals surface area contributed by atoms with Crippen molar-refractivity contribution in [2.45, 2.75) is 18.9 Å². The average molecular weight is 455 g/mol. The van der Waals surface area contributed by atoms with Gasteiger partial charge in [0, 0.05) is 30.2 Å². The van der Waals surface area contributed by atoms with Gasteiger partial charge in [0.1, 0.15) is 11.5 Å². The van der Waals surface area contributed by atoms with Crippen LogP contribution < -0.4 is 5.69 Å². The second-order valence-electron chi connectivity index (χ2n) is 8.70. The minimum Gasteiger partial charge on any atom is -0.346 e. The van der Waals surface area contributed by atoms with Gasteiger partial charge in [-0.15, -0.1) is 0 Å². The zero-order valence-electron chi connectivity index (χ0n) is 18.3. The third-order valence-corrected chi connectivity index (χ3v) is 6.60. The lowest BCUT2D eigenvalue weighted by Crippen LogP contribution is -2.42. The van der Waals surface area contributed by atoms with E-state index in [-0.39, 0.29) is 23.5 Å². The van der Waals surface area contributed by atoms with Crippen molar-refractivity contribution in [3.05, 3.63) is 88.9 Å². The molecular weight excluding hydrogens is 433 g/mol. The topological polar surface area (TPSA) is 86.8 Å². The fourth-order valence-electron chi connectivity index (χ4n) is 4.98. The van der Waals surface area contributed by atoms with Gasteiger partial charge in [-0.2, -0.15) is 0 Å². The Balaban J connectivity index is 1.28. The Labute approximate surface area is 193 Å². The number of aromatic amines is 2. The number of imidazole rings is 1. The number of amides is 1. The van der Waals surface area contributed by atoms with Crippen LogP contribution in [0.5, 0.6) is 0 Å². The highest BCUT2D eigenvalue weighted by atomic mass is 19.1. The molecule has 0 bridgehead atoms. The highest BCUT2D eigenvalue weighted by Crippen LogP contribution is 2.29. The molecule has 1 aliphatic rings. The summed E-state index contributed by atoms with van der Waals surface area (Å²) < 4.78 is 15.3. The third-order valence-electron chi connectivity index (χ3n) is 6.60. The van der Waals surface area contributed by atoms with E-state index in [0.717, 1.165) is 40.5 Å². The number of nitrogens with one attached hydrogen (secondary N) is 2. The van der Waals surface area contributed by atoms with E-state index in [1.165, 1.54) is 12.1 Å². The molecule has 1 amide bonds. The highest BCUT2D eigenvalue weighted by Gasteiger charge is 2.28. The van der Waals surface area contributed by atoms with E-state index in [9.17, 15) is 14.0 Å². The highest BCUT2D eigenvalue weighted by molar-refractivity contribution is 6.01. The summed E-state index contributed by atoms with van der Waals surface area (Å²) in [7, 11) is 0. The maximum absolute atomic E-state index is 13.6. The molecule has 0 unspecified atom stereocenters. The predicted molar refractivity (Wildman–Crippen MR) is 128 cm³/mol. The number of piperidine rings is 1. The number of halogens is 1. The molecule has 0 aliphatic carbocycles. The molecule has 7 nitrogen and oxygen atoms in total. The SMILES string of the molecule is O=C(c1ccc(-c2cccc(F)c2)cc1)N1CCC[C@@H](n2c(=O)[nH]c3cnc4[nH]ccc4c32)C1. The first kappa shape index (κ1) is 20.4. The first-order valence-electron chi connectivity index (χ1n) is 11.3. The van der Waals surface area contributed by atoms with Gasteiger partial charge in [0.05, 0.1) is 23.3 Å². The lowest BCUT2D eigenvalue weighted by Gasteiger charge is -2.33. The van der Waals surface area contributed by atoms with Gasteiger partial charge >= 0.3 is 5.69 Å². The summed E-state index contributed by atoms with van der Waals surface area (Å²) in [4.78, 5) is 38.4. The fraction of sp³-hybridized carbons (Fsp3) is 0.192. The van der Waals surface area contributed by atoms with Gasteiger partial charge in [0.15, 0.2) is 0 Å². The molecule has 6 rings (SSSR count). The second kappa shape index (κ2) is 7.98. The number of hydrogen-bond donors (Lipinski definition) is 2. The van der Waals surface area contributed by atoms with E-state index in [1.54, 1.807) is 29.0 Å². The lowest BCUT2D eigenvalue weighted by molar-refractivity contribution is 0.0680. The van der Waals surface area contributed by atoms with Crippen molar-refractivity contribution in [2.24, 2.45) is 0 Å². The van der Waals surface area contributed by atoms with Crippen molar-refractivity contribution in [1.82, 2.24) is 24.4 Å². The molecule has 4 heterocycles. The number of nitrogens with zero attached hydrogens (tertiary/aromatic N) is 3. The predicted octanol–water partition coefficient (Wildman–Crippen LogP) is 4.49. The van der Waals surface area contributed by atoms with Crippen molar-refractivity contribution >= 4 is 28.0 Å². The number of pyridine rings is 1. The molecular formula is C26H22FN5O2. The van der Waals surface area contributed by atoms with Crippen molar-refractivity contribution in [2.75, 3.05) is 13.1 Å². The molecule has 1 saturated heterocycles. The number of likely N-dealkylation sites (tertiary alicyclic amines) is 1. The number of aromatic nitrogens is 4. The molecule has 0 saturated carbocycles. The fourth-order valence-corrected chi connectivity index (χ4v) is 4.98. The molecule has 3 aromatic heterocycles. The first-order chi connectivity index (χ1) is 16.6. The van der Waals surface area contributed by atoms with E-state index in [1.807, 2.05) is 35.4 Å². The van der Waals surface area contributed by atoms with Gasteiger partial charge in [-0.1, -0.05) is 24.3 Å². The maximum atomic E-state index is 13.6. The van der Waals surface area contributed by atoms with Crippen LogP contribution in [0.2, 0.25) is 0 Å². The Morgan fingerprint density at radius 3 is 2.76 bits per heavy atom. The first-order valence-corrected chi connectivity index (χ1v) is 11.3. The Morgan fingerprint density at radius 1 is 1.09 bits per heavy atom. The molecule has 170 valence electrons. The van der Waals surface area contributed by atoms with Crippen LogP contribution in [0.25, 0.3) is 33.2 Å². The number of H-pyrrole nitrogens is 2. The molecule has 34 heavy (non-hydrogen) atoms. The summed E-state index contributed by atoms with van der Waals surface area (Å²) in [5.74, 6) is -0.367. The van der Waals surface area contributed by atoms with E-state index >= 15 is 0 Å². The third kappa shape index (κ3) is 3.39. The summed E-state index contributed by atoms with van der Waals surface area (Å²) in [5.41, 5.74) is 4.22. The molecule has 2 N–H and O–H groups in total.